The van der Waals surface area contributed by atoms with Crippen molar-refractivity contribution in [1.29, 1.82) is 0 Å². The quantitative estimate of drug-likeness (QED) is 0.612. The van der Waals surface area contributed by atoms with Crippen molar-refractivity contribution in [1.82, 2.24) is 20.1 Å². The standard InChI is InChI=1S/C19H22Cl2N4OS/c1-25-17(23-24-19(25)27-10-12-4-5-12)16(8-11-2-3-11)22-18(26)14-7-6-13(20)9-15(14)21/h6-7,9,11-12,16H,2-5,8,10H2,1H3,(H,22,26). The third-order valence-corrected chi connectivity index (χ3v) is 6.87. The van der Waals surface area contributed by atoms with Gasteiger partial charge in [0.15, 0.2) is 11.0 Å². The Kier molecular flexibility index (Phi) is 5.67. The zero-order valence-electron chi connectivity index (χ0n) is 15.1. The predicted molar refractivity (Wildman–Crippen MR) is 108 cm³/mol. The summed E-state index contributed by atoms with van der Waals surface area (Å²) >= 11 is 13.9. The van der Waals surface area contributed by atoms with Crippen LogP contribution in [0, 0.1) is 11.8 Å². The summed E-state index contributed by atoms with van der Waals surface area (Å²) in [7, 11) is 1.98. The summed E-state index contributed by atoms with van der Waals surface area (Å²) in [4.78, 5) is 12.8. The zero-order chi connectivity index (χ0) is 19.0. The molecule has 27 heavy (non-hydrogen) atoms. The predicted octanol–water partition coefficient (Wildman–Crippen LogP) is 4.90. The van der Waals surface area contributed by atoms with Crippen molar-refractivity contribution in [3.63, 3.8) is 0 Å². The van der Waals surface area contributed by atoms with Crippen LogP contribution in [0.25, 0.3) is 0 Å². The lowest BCUT2D eigenvalue weighted by Crippen LogP contribution is -2.31. The van der Waals surface area contributed by atoms with Crippen molar-refractivity contribution in [3.8, 4) is 0 Å². The molecule has 0 spiro atoms. The molecule has 1 atom stereocenters. The third-order valence-electron chi connectivity index (χ3n) is 5.07. The Morgan fingerprint density at radius 3 is 2.67 bits per heavy atom. The van der Waals surface area contributed by atoms with E-state index in [-0.39, 0.29) is 11.9 Å². The molecule has 2 fully saturated rings. The van der Waals surface area contributed by atoms with Gasteiger partial charge in [-0.15, -0.1) is 10.2 Å². The molecule has 8 heteroatoms. The minimum absolute atomic E-state index is 0.176. The molecule has 5 nitrogen and oxygen atoms in total. The minimum atomic E-state index is -0.211. The summed E-state index contributed by atoms with van der Waals surface area (Å²) in [5, 5.41) is 13.6. The lowest BCUT2D eigenvalue weighted by atomic mass is 10.1. The molecule has 1 aromatic heterocycles. The minimum Gasteiger partial charge on any atom is -0.342 e. The highest BCUT2D eigenvalue weighted by atomic mass is 35.5. The molecular weight excluding hydrogens is 403 g/mol. The van der Waals surface area contributed by atoms with Crippen molar-refractivity contribution in [3.05, 3.63) is 39.6 Å². The Labute approximate surface area is 173 Å². The Bertz CT molecular complexity index is 848. The van der Waals surface area contributed by atoms with E-state index in [2.05, 4.69) is 15.5 Å². The van der Waals surface area contributed by atoms with Gasteiger partial charge in [-0.3, -0.25) is 4.79 Å². The van der Waals surface area contributed by atoms with Crippen LogP contribution in [-0.2, 0) is 7.05 Å². The smallest absolute Gasteiger partial charge is 0.253 e. The van der Waals surface area contributed by atoms with Crippen LogP contribution in [-0.4, -0.2) is 26.4 Å². The fourth-order valence-corrected chi connectivity index (χ4v) is 4.66. The van der Waals surface area contributed by atoms with Crippen molar-refractivity contribution >= 4 is 40.9 Å². The molecule has 2 aliphatic carbocycles. The second-order valence-corrected chi connectivity index (χ2v) is 9.31. The van der Waals surface area contributed by atoms with Crippen molar-refractivity contribution in [2.45, 2.75) is 43.3 Å². The number of benzene rings is 1. The molecule has 2 aromatic rings. The highest BCUT2D eigenvalue weighted by molar-refractivity contribution is 7.99. The first kappa shape index (κ1) is 19.1. The molecule has 1 heterocycles. The lowest BCUT2D eigenvalue weighted by molar-refractivity contribution is 0.0931. The van der Waals surface area contributed by atoms with Gasteiger partial charge in [0.05, 0.1) is 16.6 Å². The highest BCUT2D eigenvalue weighted by Gasteiger charge is 2.31. The van der Waals surface area contributed by atoms with Gasteiger partial charge in [0, 0.05) is 17.8 Å². The Morgan fingerprint density at radius 2 is 2.00 bits per heavy atom. The van der Waals surface area contributed by atoms with E-state index in [1.165, 1.54) is 25.7 Å². The molecule has 0 aliphatic heterocycles. The van der Waals surface area contributed by atoms with E-state index in [1.54, 1.807) is 30.0 Å². The van der Waals surface area contributed by atoms with Gasteiger partial charge < -0.3 is 9.88 Å². The van der Waals surface area contributed by atoms with E-state index in [1.807, 2.05) is 11.6 Å². The number of rotatable bonds is 8. The number of nitrogens with zero attached hydrogens (tertiary/aromatic N) is 3. The third kappa shape index (κ3) is 4.79. The highest BCUT2D eigenvalue weighted by Crippen LogP contribution is 2.38. The Morgan fingerprint density at radius 1 is 1.26 bits per heavy atom. The maximum Gasteiger partial charge on any atom is 0.253 e. The van der Waals surface area contributed by atoms with Gasteiger partial charge in [0.2, 0.25) is 0 Å². The van der Waals surface area contributed by atoms with Gasteiger partial charge in [-0.25, -0.2) is 0 Å². The fraction of sp³-hybridized carbons (Fsp3) is 0.526. The first-order valence-electron chi connectivity index (χ1n) is 9.29. The zero-order valence-corrected chi connectivity index (χ0v) is 17.4. The molecule has 1 amide bonds. The summed E-state index contributed by atoms with van der Waals surface area (Å²) in [6.45, 7) is 0. The molecule has 4 rings (SSSR count). The van der Waals surface area contributed by atoms with Crippen molar-refractivity contribution in [2.24, 2.45) is 18.9 Å². The number of amides is 1. The molecule has 0 saturated heterocycles. The number of carbonyl (C=O) groups is 1. The fourth-order valence-electron chi connectivity index (χ4n) is 3.06. The molecule has 0 bridgehead atoms. The number of halogens is 2. The largest absolute Gasteiger partial charge is 0.342 e. The van der Waals surface area contributed by atoms with Crippen LogP contribution in [0.5, 0.6) is 0 Å². The molecular formula is C19H22Cl2N4OS. The molecule has 1 N–H and O–H groups in total. The van der Waals surface area contributed by atoms with Crippen LogP contribution >= 0.6 is 35.0 Å². The van der Waals surface area contributed by atoms with Gasteiger partial charge in [-0.1, -0.05) is 47.8 Å². The molecule has 144 valence electrons. The van der Waals surface area contributed by atoms with Crippen LogP contribution in [0.4, 0.5) is 0 Å². The van der Waals surface area contributed by atoms with Gasteiger partial charge >= 0.3 is 0 Å². The second kappa shape index (κ2) is 8.02. The van der Waals surface area contributed by atoms with Crippen LogP contribution in [0.1, 0.15) is 54.3 Å². The number of aromatic nitrogens is 3. The van der Waals surface area contributed by atoms with Crippen LogP contribution in [0.2, 0.25) is 10.0 Å². The SMILES string of the molecule is Cn1c(SCC2CC2)nnc1C(CC1CC1)NC(=O)c1ccc(Cl)cc1Cl. The number of thioether (sulfide) groups is 1. The maximum atomic E-state index is 12.8. The first-order valence-corrected chi connectivity index (χ1v) is 11.0. The van der Waals surface area contributed by atoms with Gasteiger partial charge in [-0.2, -0.15) is 0 Å². The normalized spacial score (nSPS) is 17.7. The van der Waals surface area contributed by atoms with Gasteiger partial charge in [-0.05, 0) is 49.3 Å². The Balaban J connectivity index is 1.51. The molecule has 1 aromatic carbocycles. The van der Waals surface area contributed by atoms with Crippen LogP contribution < -0.4 is 5.32 Å². The molecule has 0 radical (unpaired) electrons. The number of hydrogen-bond donors (Lipinski definition) is 1. The summed E-state index contributed by atoms with van der Waals surface area (Å²) in [5.74, 6) is 3.14. The van der Waals surface area contributed by atoms with E-state index in [0.717, 1.165) is 29.1 Å². The number of hydrogen-bond acceptors (Lipinski definition) is 4. The monoisotopic (exact) mass is 424 g/mol. The van der Waals surface area contributed by atoms with E-state index in [4.69, 9.17) is 23.2 Å². The topological polar surface area (TPSA) is 59.8 Å². The van der Waals surface area contributed by atoms with Gasteiger partial charge in [0.25, 0.3) is 5.91 Å². The van der Waals surface area contributed by atoms with E-state index in [9.17, 15) is 4.79 Å². The first-order chi connectivity index (χ1) is 13.0. The lowest BCUT2D eigenvalue weighted by Gasteiger charge is -2.18. The number of nitrogens with one attached hydrogen (secondary N) is 1. The average Bonchev–Trinajstić information content (AvgIpc) is 3.54. The second-order valence-electron chi connectivity index (χ2n) is 7.48. The van der Waals surface area contributed by atoms with Crippen LogP contribution in [0.15, 0.2) is 23.4 Å². The molecule has 1 unspecified atom stereocenters. The van der Waals surface area contributed by atoms with E-state index >= 15 is 0 Å². The van der Waals surface area contributed by atoms with Gasteiger partial charge in [0.1, 0.15) is 0 Å². The molecule has 2 saturated carbocycles. The van der Waals surface area contributed by atoms with Crippen molar-refractivity contribution in [2.75, 3.05) is 5.75 Å². The average molecular weight is 425 g/mol. The number of carbonyl (C=O) groups excluding carboxylic acids is 1. The van der Waals surface area contributed by atoms with Crippen molar-refractivity contribution < 1.29 is 4.79 Å². The maximum absolute atomic E-state index is 12.8. The van der Waals surface area contributed by atoms with E-state index < -0.39 is 0 Å². The van der Waals surface area contributed by atoms with E-state index in [0.29, 0.717) is 21.5 Å². The summed E-state index contributed by atoms with van der Waals surface area (Å²) in [6.07, 6.45) is 5.92. The summed E-state index contributed by atoms with van der Waals surface area (Å²) in [6, 6.07) is 4.74. The molecule has 2 aliphatic rings. The van der Waals surface area contributed by atoms with Crippen LogP contribution in [0.3, 0.4) is 0 Å². The summed E-state index contributed by atoms with van der Waals surface area (Å²) in [5.41, 5.74) is 0.423. The Hall–Kier alpha value is -1.24. The summed E-state index contributed by atoms with van der Waals surface area (Å²) < 4.78 is 2.02.